The number of benzene rings is 1. The first-order valence-corrected chi connectivity index (χ1v) is 12.7. The lowest BCUT2D eigenvalue weighted by molar-refractivity contribution is 0.0949. The van der Waals surface area contributed by atoms with Crippen molar-refractivity contribution < 1.29 is 9.53 Å². The Morgan fingerprint density at radius 3 is 2.78 bits per heavy atom. The van der Waals surface area contributed by atoms with E-state index in [1.54, 1.807) is 36.8 Å². The van der Waals surface area contributed by atoms with Gasteiger partial charge in [-0.2, -0.15) is 5.10 Å². The monoisotopic (exact) mass is 474 g/mol. The number of ether oxygens (including phenoxy) is 1. The van der Waals surface area contributed by atoms with Crippen molar-refractivity contribution in [1.29, 1.82) is 0 Å². The number of fused-ring (bicyclic) bond motifs is 1. The lowest BCUT2D eigenvalue weighted by Gasteiger charge is -2.11. The van der Waals surface area contributed by atoms with Crippen LogP contribution in [-0.2, 0) is 11.3 Å². The number of carbonyl (C=O) groups is 1. The highest BCUT2D eigenvalue weighted by atomic mass is 32.2. The van der Waals surface area contributed by atoms with Crippen molar-refractivity contribution >= 4 is 46.3 Å². The van der Waals surface area contributed by atoms with E-state index in [1.165, 1.54) is 0 Å². The van der Waals surface area contributed by atoms with Crippen molar-refractivity contribution in [1.82, 2.24) is 25.1 Å². The van der Waals surface area contributed by atoms with Crippen molar-refractivity contribution in [3.05, 3.63) is 36.0 Å². The van der Waals surface area contributed by atoms with Gasteiger partial charge in [0.1, 0.15) is 5.82 Å². The third-order valence-electron chi connectivity index (χ3n) is 4.55. The van der Waals surface area contributed by atoms with Crippen LogP contribution in [0.4, 0.5) is 5.82 Å². The summed E-state index contributed by atoms with van der Waals surface area (Å²) in [5.74, 6) is 2.55. The van der Waals surface area contributed by atoms with Gasteiger partial charge in [0.05, 0.1) is 30.3 Å². The Balaban J connectivity index is 1.73. The molecule has 0 saturated heterocycles. The summed E-state index contributed by atoms with van der Waals surface area (Å²) in [7, 11) is 1.67. The summed E-state index contributed by atoms with van der Waals surface area (Å²) < 4.78 is 6.96. The average molecular weight is 475 g/mol. The largest absolute Gasteiger partial charge is 0.383 e. The molecule has 10 heteroatoms. The first-order valence-electron chi connectivity index (χ1n) is 10.8. The van der Waals surface area contributed by atoms with Crippen LogP contribution in [0, 0.1) is 0 Å². The van der Waals surface area contributed by atoms with Gasteiger partial charge < -0.3 is 15.4 Å². The first-order chi connectivity index (χ1) is 15.7. The quantitative estimate of drug-likeness (QED) is 0.219. The van der Waals surface area contributed by atoms with Gasteiger partial charge in [-0.15, -0.1) is 11.8 Å². The van der Waals surface area contributed by atoms with Gasteiger partial charge in [-0.3, -0.25) is 4.79 Å². The van der Waals surface area contributed by atoms with Crippen LogP contribution in [-0.4, -0.2) is 64.0 Å². The highest BCUT2D eigenvalue weighted by molar-refractivity contribution is 7.99. The van der Waals surface area contributed by atoms with Crippen LogP contribution < -0.4 is 10.6 Å². The average Bonchev–Trinajstić information content (AvgIpc) is 3.21. The summed E-state index contributed by atoms with van der Waals surface area (Å²) >= 11 is 3.29. The van der Waals surface area contributed by atoms with Gasteiger partial charge in [0.15, 0.2) is 10.8 Å². The molecule has 0 radical (unpaired) electrons. The Labute approximate surface area is 197 Å². The number of thioether (sulfide) groups is 2. The summed E-state index contributed by atoms with van der Waals surface area (Å²) in [6.45, 7) is 6.42. The first kappa shape index (κ1) is 24.3. The van der Waals surface area contributed by atoms with Gasteiger partial charge in [0, 0.05) is 30.8 Å². The van der Waals surface area contributed by atoms with Crippen molar-refractivity contribution in [3.63, 3.8) is 0 Å². The third kappa shape index (κ3) is 6.36. The van der Waals surface area contributed by atoms with Crippen molar-refractivity contribution in [2.45, 2.75) is 36.9 Å². The molecule has 2 N–H and O–H groups in total. The third-order valence-corrected chi connectivity index (χ3v) is 6.56. The van der Waals surface area contributed by atoms with Crippen LogP contribution in [0.15, 0.2) is 40.5 Å². The van der Waals surface area contributed by atoms with E-state index >= 15 is 0 Å². The topological polar surface area (TPSA) is 94.0 Å². The van der Waals surface area contributed by atoms with Crippen molar-refractivity contribution in [3.8, 4) is 0 Å². The molecule has 3 aromatic rings. The molecule has 0 unspecified atom stereocenters. The van der Waals surface area contributed by atoms with E-state index in [2.05, 4.69) is 34.6 Å². The number of anilines is 1. The standard InChI is InChI=1S/C22H30N6O2S2/c1-4-14-32-22-26-19(23-11-13-30-3)17-15-25-28(20(17)27-22)12-10-24-21(29)16-8-6-7-9-18(16)31-5-2/h6-9,15H,4-5,10-14H2,1-3H3,(H,24,29)(H,23,26,27). The number of methoxy groups -OCH3 is 1. The molecule has 0 saturated carbocycles. The van der Waals surface area contributed by atoms with Crippen LogP contribution in [0.1, 0.15) is 30.6 Å². The fourth-order valence-corrected chi connectivity index (χ4v) is 4.56. The van der Waals surface area contributed by atoms with E-state index in [4.69, 9.17) is 9.72 Å². The summed E-state index contributed by atoms with van der Waals surface area (Å²) in [5.41, 5.74) is 1.46. The molecule has 3 rings (SSSR count). The van der Waals surface area contributed by atoms with Crippen molar-refractivity contribution in [2.75, 3.05) is 43.6 Å². The van der Waals surface area contributed by atoms with Crippen molar-refractivity contribution in [2.24, 2.45) is 0 Å². The highest BCUT2D eigenvalue weighted by Crippen LogP contribution is 2.25. The predicted octanol–water partition coefficient (Wildman–Crippen LogP) is 3.93. The minimum atomic E-state index is -0.0752. The number of aromatic nitrogens is 4. The molecule has 2 heterocycles. The molecule has 8 nitrogen and oxygen atoms in total. The maximum atomic E-state index is 12.7. The molecule has 2 aromatic heterocycles. The molecule has 0 aliphatic rings. The number of hydrogen-bond donors (Lipinski definition) is 2. The van der Waals surface area contributed by atoms with Gasteiger partial charge in [-0.05, 0) is 24.3 Å². The molecule has 32 heavy (non-hydrogen) atoms. The number of nitrogens with one attached hydrogen (secondary N) is 2. The molecule has 1 amide bonds. The smallest absolute Gasteiger partial charge is 0.252 e. The Kier molecular flexibility index (Phi) is 9.63. The van der Waals surface area contributed by atoms with Gasteiger partial charge >= 0.3 is 0 Å². The van der Waals surface area contributed by atoms with Gasteiger partial charge in [-0.25, -0.2) is 14.6 Å². The lowest BCUT2D eigenvalue weighted by Crippen LogP contribution is -2.28. The van der Waals surface area contributed by atoms with Gasteiger partial charge in [0.2, 0.25) is 0 Å². The summed E-state index contributed by atoms with van der Waals surface area (Å²) in [4.78, 5) is 23.1. The van der Waals surface area contributed by atoms with E-state index < -0.39 is 0 Å². The van der Waals surface area contributed by atoms with E-state index in [-0.39, 0.29) is 5.91 Å². The molecule has 0 bridgehead atoms. The Morgan fingerprint density at radius 2 is 2.00 bits per heavy atom. The molecular formula is C22H30N6O2S2. The Hall–Kier alpha value is -2.30. The molecule has 0 spiro atoms. The zero-order valence-electron chi connectivity index (χ0n) is 18.8. The summed E-state index contributed by atoms with van der Waals surface area (Å²) in [6.07, 6.45) is 2.81. The van der Waals surface area contributed by atoms with Crippen LogP contribution in [0.5, 0.6) is 0 Å². The van der Waals surface area contributed by atoms with Gasteiger partial charge in [-0.1, -0.05) is 37.7 Å². The Morgan fingerprint density at radius 1 is 1.16 bits per heavy atom. The normalized spacial score (nSPS) is 11.1. The molecule has 0 aliphatic heterocycles. The van der Waals surface area contributed by atoms with Crippen LogP contribution >= 0.6 is 23.5 Å². The molecule has 0 aliphatic carbocycles. The zero-order chi connectivity index (χ0) is 22.8. The summed E-state index contributed by atoms with van der Waals surface area (Å²) in [6, 6.07) is 7.69. The maximum Gasteiger partial charge on any atom is 0.252 e. The fraction of sp³-hybridized carbons (Fsp3) is 0.455. The van der Waals surface area contributed by atoms with Crippen LogP contribution in [0.2, 0.25) is 0 Å². The second-order valence-corrected chi connectivity index (χ2v) is 9.28. The lowest BCUT2D eigenvalue weighted by atomic mass is 10.2. The van der Waals surface area contributed by atoms with Crippen LogP contribution in [0.25, 0.3) is 11.0 Å². The predicted molar refractivity (Wildman–Crippen MR) is 132 cm³/mol. The molecule has 0 fully saturated rings. The van der Waals surface area contributed by atoms with E-state index in [0.29, 0.717) is 31.8 Å². The molecule has 172 valence electrons. The molecule has 0 atom stereocenters. The second kappa shape index (κ2) is 12.7. The SMILES string of the molecule is CCCSc1nc(NCCOC)c2cnn(CCNC(=O)c3ccccc3SCC)c2n1. The van der Waals surface area contributed by atoms with Crippen LogP contribution in [0.3, 0.4) is 0 Å². The number of amides is 1. The Bertz CT molecular complexity index is 1030. The zero-order valence-corrected chi connectivity index (χ0v) is 20.4. The minimum Gasteiger partial charge on any atom is -0.383 e. The second-order valence-electron chi connectivity index (χ2n) is 6.91. The number of hydrogen-bond acceptors (Lipinski definition) is 8. The van der Waals surface area contributed by atoms with Gasteiger partial charge in [0.25, 0.3) is 5.91 Å². The molecule has 1 aromatic carbocycles. The summed E-state index contributed by atoms with van der Waals surface area (Å²) in [5, 5.41) is 12.4. The number of rotatable bonds is 13. The minimum absolute atomic E-state index is 0.0752. The van der Waals surface area contributed by atoms with E-state index in [9.17, 15) is 4.79 Å². The maximum absolute atomic E-state index is 12.7. The fourth-order valence-electron chi connectivity index (χ4n) is 3.07. The highest BCUT2D eigenvalue weighted by Gasteiger charge is 2.14. The van der Waals surface area contributed by atoms with E-state index in [0.717, 1.165) is 44.8 Å². The number of carbonyl (C=O) groups excluding carboxylic acids is 1. The molecular weight excluding hydrogens is 444 g/mol. The van der Waals surface area contributed by atoms with E-state index in [1.807, 2.05) is 28.9 Å². The number of nitrogens with zero attached hydrogens (tertiary/aromatic N) is 4.